The van der Waals surface area contributed by atoms with Crippen LogP contribution in [0.2, 0.25) is 0 Å². The molecule has 1 aliphatic carbocycles. The molecule has 2 fully saturated rings. The lowest BCUT2D eigenvalue weighted by Gasteiger charge is -2.33. The van der Waals surface area contributed by atoms with Gasteiger partial charge in [-0.25, -0.2) is 4.79 Å². The number of carbonyl (C=O) groups excluding carboxylic acids is 1. The van der Waals surface area contributed by atoms with Crippen LogP contribution in [0.1, 0.15) is 52.4 Å². The van der Waals surface area contributed by atoms with Gasteiger partial charge in [-0.1, -0.05) is 13.8 Å². The molecule has 2 aliphatic rings. The first-order valence-electron chi connectivity index (χ1n) is 8.89. The number of hydrogen-bond acceptors (Lipinski definition) is 3. The minimum Gasteiger partial charge on any atom is -0.381 e. The lowest BCUT2D eigenvalue weighted by Crippen LogP contribution is -2.47. The average molecular weight is 312 g/mol. The molecule has 2 N–H and O–H groups in total. The number of hydrogen-bond donors (Lipinski definition) is 2. The van der Waals surface area contributed by atoms with E-state index in [1.54, 1.807) is 0 Å². The zero-order valence-electron chi connectivity index (χ0n) is 14.1. The van der Waals surface area contributed by atoms with Crippen LogP contribution >= 0.6 is 0 Å². The summed E-state index contributed by atoms with van der Waals surface area (Å²) in [5.41, 5.74) is 0. The van der Waals surface area contributed by atoms with Gasteiger partial charge in [0.05, 0.1) is 6.10 Å². The average Bonchev–Trinajstić information content (AvgIpc) is 2.51. The van der Waals surface area contributed by atoms with Crippen LogP contribution in [0.25, 0.3) is 0 Å². The second-order valence-electron chi connectivity index (χ2n) is 6.94. The van der Waals surface area contributed by atoms with Crippen molar-refractivity contribution in [2.75, 3.05) is 26.4 Å². The van der Waals surface area contributed by atoms with Crippen molar-refractivity contribution < 1.29 is 14.3 Å². The quantitative estimate of drug-likeness (QED) is 0.741. The number of amides is 2. The molecule has 0 aromatic heterocycles. The summed E-state index contributed by atoms with van der Waals surface area (Å²) in [5.74, 6) is 1.37. The molecule has 5 heteroatoms. The first-order chi connectivity index (χ1) is 10.6. The van der Waals surface area contributed by atoms with Crippen LogP contribution in [0, 0.1) is 11.8 Å². The van der Waals surface area contributed by atoms with E-state index in [1.165, 1.54) is 12.8 Å². The summed E-state index contributed by atoms with van der Waals surface area (Å²) in [6, 6.07) is 0.298. The summed E-state index contributed by atoms with van der Waals surface area (Å²) < 4.78 is 11.1. The van der Waals surface area contributed by atoms with Crippen molar-refractivity contribution >= 4 is 6.03 Å². The first-order valence-corrected chi connectivity index (χ1v) is 8.89. The molecule has 22 heavy (non-hydrogen) atoms. The second kappa shape index (κ2) is 9.36. The lowest BCUT2D eigenvalue weighted by molar-refractivity contribution is -0.0320. The number of carbonyl (C=O) groups is 1. The van der Waals surface area contributed by atoms with E-state index in [0.29, 0.717) is 31.2 Å². The topological polar surface area (TPSA) is 59.6 Å². The molecule has 0 unspecified atom stereocenters. The maximum Gasteiger partial charge on any atom is 0.315 e. The fourth-order valence-electron chi connectivity index (χ4n) is 3.47. The molecule has 1 saturated heterocycles. The van der Waals surface area contributed by atoms with Gasteiger partial charge in [-0.05, 0) is 50.4 Å². The van der Waals surface area contributed by atoms with Gasteiger partial charge in [-0.2, -0.15) is 0 Å². The maximum atomic E-state index is 11.9. The molecule has 0 spiro atoms. The predicted molar refractivity (Wildman–Crippen MR) is 86.9 cm³/mol. The fraction of sp³-hybridized carbons (Fsp3) is 0.941. The van der Waals surface area contributed by atoms with E-state index in [0.717, 1.165) is 44.8 Å². The summed E-state index contributed by atoms with van der Waals surface area (Å²) in [4.78, 5) is 11.9. The monoisotopic (exact) mass is 312 g/mol. The van der Waals surface area contributed by atoms with E-state index in [9.17, 15) is 4.79 Å². The van der Waals surface area contributed by atoms with E-state index < -0.39 is 0 Å². The van der Waals surface area contributed by atoms with Gasteiger partial charge in [0.1, 0.15) is 0 Å². The summed E-state index contributed by atoms with van der Waals surface area (Å²) in [6.07, 6.45) is 6.72. The van der Waals surface area contributed by atoms with Crippen LogP contribution < -0.4 is 10.6 Å². The van der Waals surface area contributed by atoms with E-state index in [-0.39, 0.29) is 6.03 Å². The lowest BCUT2D eigenvalue weighted by atomic mass is 9.80. The molecule has 0 aromatic carbocycles. The Morgan fingerprint density at radius 3 is 2.68 bits per heavy atom. The number of nitrogens with one attached hydrogen (secondary N) is 2. The normalized spacial score (nSPS) is 30.0. The Bertz CT molecular complexity index is 332. The highest BCUT2D eigenvalue weighted by atomic mass is 16.5. The third-order valence-electron chi connectivity index (χ3n) is 4.88. The van der Waals surface area contributed by atoms with Crippen LogP contribution in [-0.4, -0.2) is 44.5 Å². The Balaban J connectivity index is 1.50. The molecular weight excluding hydrogens is 280 g/mol. The summed E-state index contributed by atoms with van der Waals surface area (Å²) >= 11 is 0. The highest BCUT2D eigenvalue weighted by molar-refractivity contribution is 5.74. The standard InChI is InChI=1S/C17H32N2O3/c1-13-4-5-16(14(2)12-13)19-17(20)18-8-3-9-22-15-6-10-21-11-7-15/h13-16H,3-12H2,1-2H3,(H2,18,19,20)/t13-,14+,16-/m1/s1. The number of urea groups is 1. The Morgan fingerprint density at radius 2 is 1.95 bits per heavy atom. The van der Waals surface area contributed by atoms with Gasteiger partial charge >= 0.3 is 6.03 Å². The third kappa shape index (κ3) is 6.13. The van der Waals surface area contributed by atoms with E-state index in [2.05, 4.69) is 24.5 Å². The van der Waals surface area contributed by atoms with Crippen molar-refractivity contribution in [3.8, 4) is 0 Å². The second-order valence-corrected chi connectivity index (χ2v) is 6.94. The molecule has 5 nitrogen and oxygen atoms in total. The minimum atomic E-state index is -0.0301. The number of ether oxygens (including phenoxy) is 2. The van der Waals surface area contributed by atoms with E-state index in [4.69, 9.17) is 9.47 Å². The molecule has 2 rings (SSSR count). The fourth-order valence-corrected chi connectivity index (χ4v) is 3.47. The van der Waals surface area contributed by atoms with Gasteiger partial charge in [-0.3, -0.25) is 0 Å². The molecule has 2 amide bonds. The van der Waals surface area contributed by atoms with Crippen molar-refractivity contribution in [2.45, 2.75) is 64.5 Å². The van der Waals surface area contributed by atoms with Gasteiger partial charge in [0.15, 0.2) is 0 Å². The highest BCUT2D eigenvalue weighted by Crippen LogP contribution is 2.28. The van der Waals surface area contributed by atoms with E-state index in [1.807, 2.05) is 0 Å². The number of rotatable bonds is 6. The Hall–Kier alpha value is -0.810. The maximum absolute atomic E-state index is 11.9. The van der Waals surface area contributed by atoms with E-state index >= 15 is 0 Å². The minimum absolute atomic E-state index is 0.0301. The first kappa shape index (κ1) is 17.5. The molecule has 1 saturated carbocycles. The third-order valence-corrected chi connectivity index (χ3v) is 4.88. The van der Waals surface area contributed by atoms with Crippen LogP contribution in [0.15, 0.2) is 0 Å². The summed E-state index contributed by atoms with van der Waals surface area (Å²) in [7, 11) is 0. The van der Waals surface area contributed by atoms with Crippen molar-refractivity contribution in [2.24, 2.45) is 11.8 Å². The van der Waals surface area contributed by atoms with Crippen LogP contribution in [0.5, 0.6) is 0 Å². The van der Waals surface area contributed by atoms with Gasteiger partial charge < -0.3 is 20.1 Å². The molecule has 1 aliphatic heterocycles. The molecule has 128 valence electrons. The van der Waals surface area contributed by atoms with Crippen LogP contribution in [-0.2, 0) is 9.47 Å². The smallest absolute Gasteiger partial charge is 0.315 e. The van der Waals surface area contributed by atoms with Gasteiger partial charge in [-0.15, -0.1) is 0 Å². The SMILES string of the molecule is C[C@@H]1CC[C@@H](NC(=O)NCCCOC2CCOCC2)[C@@H](C)C1. The molecule has 3 atom stereocenters. The summed E-state index contributed by atoms with van der Waals surface area (Å²) in [5, 5.41) is 6.07. The van der Waals surface area contributed by atoms with Crippen LogP contribution in [0.3, 0.4) is 0 Å². The molecular formula is C17H32N2O3. The van der Waals surface area contributed by atoms with Gasteiger partial charge in [0.25, 0.3) is 0 Å². The molecule has 0 radical (unpaired) electrons. The van der Waals surface area contributed by atoms with Crippen molar-refractivity contribution in [1.29, 1.82) is 0 Å². The Morgan fingerprint density at radius 1 is 1.18 bits per heavy atom. The predicted octanol–water partition coefficient (Wildman–Crippen LogP) is 2.70. The largest absolute Gasteiger partial charge is 0.381 e. The molecule has 1 heterocycles. The Labute approximate surface area is 134 Å². The Kier molecular flexibility index (Phi) is 7.46. The van der Waals surface area contributed by atoms with Gasteiger partial charge in [0, 0.05) is 32.4 Å². The zero-order chi connectivity index (χ0) is 15.8. The van der Waals surface area contributed by atoms with Crippen molar-refractivity contribution in [3.63, 3.8) is 0 Å². The molecule has 0 bridgehead atoms. The van der Waals surface area contributed by atoms with Crippen molar-refractivity contribution in [3.05, 3.63) is 0 Å². The zero-order valence-corrected chi connectivity index (χ0v) is 14.1. The van der Waals surface area contributed by atoms with Gasteiger partial charge in [0.2, 0.25) is 0 Å². The van der Waals surface area contributed by atoms with Crippen LogP contribution in [0.4, 0.5) is 4.79 Å². The van der Waals surface area contributed by atoms with Crippen molar-refractivity contribution in [1.82, 2.24) is 10.6 Å². The highest BCUT2D eigenvalue weighted by Gasteiger charge is 2.26. The summed E-state index contributed by atoms with van der Waals surface area (Å²) in [6.45, 7) is 7.54. The molecule has 0 aromatic rings.